The molecule has 0 bridgehead atoms. The van der Waals surface area contributed by atoms with Crippen molar-refractivity contribution in [2.24, 2.45) is 0 Å². The molecule has 3 aromatic carbocycles. The van der Waals surface area contributed by atoms with Gasteiger partial charge in [-0.3, -0.25) is 13.9 Å². The number of carbonyl (C=O) groups is 2. The summed E-state index contributed by atoms with van der Waals surface area (Å²) < 4.78 is 28.7. The standard InChI is InChI=1S/C29H34ClN3O4S/c1-5-22(3)31-29(35)23(4)32(19-24-15-17-25(30)18-16-24)28(34)20-33(27-14-10-9-11-21(27)2)38(36,37)26-12-7-6-8-13-26/h6-18,22-23H,5,19-20H2,1-4H3,(H,31,35). The molecule has 0 spiro atoms. The number of carbonyl (C=O) groups excluding carboxylic acids is 2. The quantitative estimate of drug-likeness (QED) is 0.353. The molecule has 0 aliphatic carbocycles. The van der Waals surface area contributed by atoms with E-state index in [2.05, 4.69) is 5.32 Å². The molecule has 3 rings (SSSR count). The fourth-order valence-electron chi connectivity index (χ4n) is 3.91. The summed E-state index contributed by atoms with van der Waals surface area (Å²) in [7, 11) is -4.08. The van der Waals surface area contributed by atoms with Crippen LogP contribution in [-0.4, -0.2) is 43.8 Å². The minimum absolute atomic E-state index is 0.0700. The second kappa shape index (κ2) is 12.9. The summed E-state index contributed by atoms with van der Waals surface area (Å²) in [6.07, 6.45) is 0.736. The number of sulfonamides is 1. The van der Waals surface area contributed by atoms with Gasteiger partial charge in [-0.1, -0.05) is 67.1 Å². The molecule has 0 aliphatic heterocycles. The molecule has 38 heavy (non-hydrogen) atoms. The normalized spacial score (nSPS) is 12.9. The molecule has 202 valence electrons. The Hall–Kier alpha value is -3.36. The van der Waals surface area contributed by atoms with Crippen LogP contribution < -0.4 is 9.62 Å². The number of rotatable bonds is 11. The Labute approximate surface area is 230 Å². The molecule has 0 heterocycles. The minimum atomic E-state index is -4.08. The summed E-state index contributed by atoms with van der Waals surface area (Å²) in [5.41, 5.74) is 1.86. The number of hydrogen-bond donors (Lipinski definition) is 1. The van der Waals surface area contributed by atoms with Crippen molar-refractivity contribution in [3.05, 3.63) is 95.0 Å². The summed E-state index contributed by atoms with van der Waals surface area (Å²) >= 11 is 6.04. The van der Waals surface area contributed by atoms with E-state index in [9.17, 15) is 18.0 Å². The van der Waals surface area contributed by atoms with Gasteiger partial charge >= 0.3 is 0 Å². The molecule has 0 aromatic heterocycles. The van der Waals surface area contributed by atoms with Gasteiger partial charge in [-0.25, -0.2) is 8.42 Å². The monoisotopic (exact) mass is 555 g/mol. The summed E-state index contributed by atoms with van der Waals surface area (Å²) in [4.78, 5) is 28.5. The number of benzene rings is 3. The molecule has 0 saturated heterocycles. The van der Waals surface area contributed by atoms with Crippen molar-refractivity contribution in [3.63, 3.8) is 0 Å². The van der Waals surface area contributed by atoms with Crippen LogP contribution in [0.2, 0.25) is 5.02 Å². The van der Waals surface area contributed by atoms with Crippen LogP contribution in [-0.2, 0) is 26.2 Å². The highest BCUT2D eigenvalue weighted by atomic mass is 35.5. The number of hydrogen-bond acceptors (Lipinski definition) is 4. The number of amides is 2. The first-order chi connectivity index (χ1) is 18.0. The summed E-state index contributed by atoms with van der Waals surface area (Å²) in [6, 6.07) is 21.1. The minimum Gasteiger partial charge on any atom is -0.352 e. The van der Waals surface area contributed by atoms with Gasteiger partial charge in [0.25, 0.3) is 10.0 Å². The number of anilines is 1. The van der Waals surface area contributed by atoms with E-state index in [0.717, 1.165) is 16.3 Å². The maximum atomic E-state index is 13.9. The number of halogens is 1. The van der Waals surface area contributed by atoms with Crippen LogP contribution in [0.5, 0.6) is 0 Å². The van der Waals surface area contributed by atoms with Crippen molar-refractivity contribution in [1.29, 1.82) is 0 Å². The zero-order chi connectivity index (χ0) is 27.9. The van der Waals surface area contributed by atoms with Crippen molar-refractivity contribution in [1.82, 2.24) is 10.2 Å². The van der Waals surface area contributed by atoms with Gasteiger partial charge in [0.15, 0.2) is 0 Å². The molecule has 0 aliphatic rings. The Bertz CT molecular complexity index is 1350. The second-order valence-corrected chi connectivity index (χ2v) is 11.6. The molecule has 7 nitrogen and oxygen atoms in total. The van der Waals surface area contributed by atoms with Crippen LogP contribution in [0.3, 0.4) is 0 Å². The van der Waals surface area contributed by atoms with Gasteiger partial charge < -0.3 is 10.2 Å². The lowest BCUT2D eigenvalue weighted by Crippen LogP contribution is -2.52. The lowest BCUT2D eigenvalue weighted by molar-refractivity contribution is -0.139. The third-order valence-corrected chi connectivity index (χ3v) is 8.45. The molecule has 0 fully saturated rings. The highest BCUT2D eigenvalue weighted by Crippen LogP contribution is 2.27. The average molecular weight is 556 g/mol. The van der Waals surface area contributed by atoms with E-state index >= 15 is 0 Å². The number of aryl methyl sites for hydroxylation is 1. The number of nitrogens with zero attached hydrogens (tertiary/aromatic N) is 2. The van der Waals surface area contributed by atoms with Gasteiger partial charge in [-0.2, -0.15) is 0 Å². The maximum Gasteiger partial charge on any atom is 0.264 e. The zero-order valence-corrected chi connectivity index (χ0v) is 23.7. The molecule has 3 aromatic rings. The third-order valence-electron chi connectivity index (χ3n) is 6.43. The van der Waals surface area contributed by atoms with Crippen molar-refractivity contribution < 1.29 is 18.0 Å². The van der Waals surface area contributed by atoms with Crippen LogP contribution >= 0.6 is 11.6 Å². The molecule has 1 N–H and O–H groups in total. The first kappa shape index (κ1) is 29.2. The van der Waals surface area contributed by atoms with Crippen LogP contribution in [0.25, 0.3) is 0 Å². The smallest absolute Gasteiger partial charge is 0.264 e. The van der Waals surface area contributed by atoms with E-state index in [1.807, 2.05) is 19.9 Å². The Kier molecular flexibility index (Phi) is 9.94. The maximum absolute atomic E-state index is 13.9. The average Bonchev–Trinajstić information content (AvgIpc) is 2.91. The predicted octanol–water partition coefficient (Wildman–Crippen LogP) is 5.18. The number of nitrogens with one attached hydrogen (secondary N) is 1. The SMILES string of the molecule is CCC(C)NC(=O)C(C)N(Cc1ccc(Cl)cc1)C(=O)CN(c1ccccc1C)S(=O)(=O)c1ccccc1. The highest BCUT2D eigenvalue weighted by Gasteiger charge is 2.33. The summed E-state index contributed by atoms with van der Waals surface area (Å²) in [6.45, 7) is 6.92. The fourth-order valence-corrected chi connectivity index (χ4v) is 5.54. The second-order valence-electron chi connectivity index (χ2n) is 9.25. The van der Waals surface area contributed by atoms with Gasteiger partial charge in [0.2, 0.25) is 11.8 Å². The van der Waals surface area contributed by atoms with E-state index in [0.29, 0.717) is 16.3 Å². The Morgan fingerprint density at radius 1 is 0.921 bits per heavy atom. The highest BCUT2D eigenvalue weighted by molar-refractivity contribution is 7.92. The molecule has 2 amide bonds. The first-order valence-corrected chi connectivity index (χ1v) is 14.3. The predicted molar refractivity (Wildman–Crippen MR) is 152 cm³/mol. The molecule has 0 radical (unpaired) electrons. The molecule has 0 saturated carbocycles. The van der Waals surface area contributed by atoms with Crippen molar-refractivity contribution in [3.8, 4) is 0 Å². The van der Waals surface area contributed by atoms with Crippen LogP contribution in [0, 0.1) is 6.92 Å². The fraction of sp³-hybridized carbons (Fsp3) is 0.310. The van der Waals surface area contributed by atoms with Crippen LogP contribution in [0.1, 0.15) is 38.3 Å². The molecular formula is C29H34ClN3O4S. The van der Waals surface area contributed by atoms with Crippen molar-refractivity contribution in [2.45, 2.75) is 57.6 Å². The summed E-state index contributed by atoms with van der Waals surface area (Å²) in [5, 5.41) is 3.47. The summed E-state index contributed by atoms with van der Waals surface area (Å²) in [5.74, 6) is -0.815. The number of para-hydroxylation sites is 1. The van der Waals surface area contributed by atoms with Gasteiger partial charge in [0.05, 0.1) is 10.6 Å². The zero-order valence-electron chi connectivity index (χ0n) is 22.1. The van der Waals surface area contributed by atoms with Gasteiger partial charge in [-0.15, -0.1) is 0 Å². The topological polar surface area (TPSA) is 86.8 Å². The Morgan fingerprint density at radius 3 is 2.13 bits per heavy atom. The van der Waals surface area contributed by atoms with Gasteiger partial charge in [-0.05, 0) is 68.7 Å². The van der Waals surface area contributed by atoms with E-state index in [-0.39, 0.29) is 23.4 Å². The van der Waals surface area contributed by atoms with Gasteiger partial charge in [0, 0.05) is 17.6 Å². The van der Waals surface area contributed by atoms with E-state index in [1.54, 1.807) is 74.5 Å². The van der Waals surface area contributed by atoms with Crippen molar-refractivity contribution >= 4 is 39.1 Å². The molecule has 9 heteroatoms. The van der Waals surface area contributed by atoms with E-state index in [1.165, 1.54) is 17.0 Å². The van der Waals surface area contributed by atoms with Gasteiger partial charge in [0.1, 0.15) is 12.6 Å². The first-order valence-electron chi connectivity index (χ1n) is 12.5. The Balaban J connectivity index is 2.02. The lowest BCUT2D eigenvalue weighted by Gasteiger charge is -2.33. The van der Waals surface area contributed by atoms with Crippen molar-refractivity contribution in [2.75, 3.05) is 10.8 Å². The van der Waals surface area contributed by atoms with E-state index < -0.39 is 28.5 Å². The van der Waals surface area contributed by atoms with E-state index in [4.69, 9.17) is 11.6 Å². The molecule has 2 atom stereocenters. The molecule has 2 unspecified atom stereocenters. The van der Waals surface area contributed by atoms with Crippen LogP contribution in [0.4, 0.5) is 5.69 Å². The largest absolute Gasteiger partial charge is 0.352 e. The van der Waals surface area contributed by atoms with Crippen LogP contribution in [0.15, 0.2) is 83.8 Å². The Morgan fingerprint density at radius 2 is 1.53 bits per heavy atom. The third kappa shape index (κ3) is 7.14. The lowest BCUT2D eigenvalue weighted by atomic mass is 10.1. The molecular weight excluding hydrogens is 522 g/mol.